The number of thiophene rings is 1. The summed E-state index contributed by atoms with van der Waals surface area (Å²) in [6, 6.07) is 9.17. The van der Waals surface area contributed by atoms with Crippen LogP contribution in [0, 0.1) is 5.82 Å². The Hall–Kier alpha value is -1.19. The minimum absolute atomic E-state index is 0.133. The SMILES string of the molecule is CC1(C)CNCc2sc(-c3ccccc3F)cc21. The van der Waals surface area contributed by atoms with Gasteiger partial charge >= 0.3 is 0 Å². The van der Waals surface area contributed by atoms with E-state index >= 15 is 0 Å². The molecule has 0 atom stereocenters. The summed E-state index contributed by atoms with van der Waals surface area (Å²) in [5, 5.41) is 3.43. The van der Waals surface area contributed by atoms with Gasteiger partial charge in [0.1, 0.15) is 5.82 Å². The third-order valence-corrected chi connectivity index (χ3v) is 4.70. The van der Waals surface area contributed by atoms with Gasteiger partial charge in [-0.2, -0.15) is 0 Å². The van der Waals surface area contributed by atoms with E-state index in [0.717, 1.165) is 18.0 Å². The maximum Gasteiger partial charge on any atom is 0.131 e. The molecule has 94 valence electrons. The minimum Gasteiger partial charge on any atom is -0.311 e. The lowest BCUT2D eigenvalue weighted by Gasteiger charge is -2.30. The van der Waals surface area contributed by atoms with Crippen molar-refractivity contribution in [3.63, 3.8) is 0 Å². The molecule has 0 bridgehead atoms. The molecule has 3 rings (SSSR count). The second-order valence-electron chi connectivity index (χ2n) is 5.41. The number of hydrogen-bond acceptors (Lipinski definition) is 2. The van der Waals surface area contributed by atoms with E-state index in [9.17, 15) is 4.39 Å². The average molecular weight is 261 g/mol. The van der Waals surface area contributed by atoms with Crippen molar-refractivity contribution in [2.75, 3.05) is 6.54 Å². The van der Waals surface area contributed by atoms with Gasteiger partial charge in [0.2, 0.25) is 0 Å². The predicted octanol–water partition coefficient (Wildman–Crippen LogP) is 3.94. The zero-order valence-corrected chi connectivity index (χ0v) is 11.4. The topological polar surface area (TPSA) is 12.0 Å². The molecule has 1 aromatic heterocycles. The van der Waals surface area contributed by atoms with E-state index in [4.69, 9.17) is 0 Å². The van der Waals surface area contributed by atoms with Gasteiger partial charge in [-0.25, -0.2) is 4.39 Å². The molecule has 0 spiro atoms. The van der Waals surface area contributed by atoms with Crippen LogP contribution in [0.3, 0.4) is 0 Å². The first-order chi connectivity index (χ1) is 8.58. The molecule has 0 aliphatic carbocycles. The fourth-order valence-electron chi connectivity index (χ4n) is 2.51. The van der Waals surface area contributed by atoms with Crippen molar-refractivity contribution in [3.8, 4) is 10.4 Å². The van der Waals surface area contributed by atoms with Crippen LogP contribution in [0.5, 0.6) is 0 Å². The lowest BCUT2D eigenvalue weighted by molar-refractivity contribution is 0.440. The van der Waals surface area contributed by atoms with Crippen LogP contribution >= 0.6 is 11.3 Å². The highest BCUT2D eigenvalue weighted by Gasteiger charge is 2.29. The minimum atomic E-state index is -0.137. The fraction of sp³-hybridized carbons (Fsp3) is 0.333. The van der Waals surface area contributed by atoms with Gasteiger partial charge in [-0.05, 0) is 17.7 Å². The largest absolute Gasteiger partial charge is 0.311 e. The highest BCUT2D eigenvalue weighted by molar-refractivity contribution is 7.15. The zero-order valence-electron chi connectivity index (χ0n) is 10.6. The molecule has 2 heterocycles. The Bertz CT molecular complexity index is 586. The van der Waals surface area contributed by atoms with Crippen molar-refractivity contribution in [2.45, 2.75) is 25.8 Å². The summed E-state index contributed by atoms with van der Waals surface area (Å²) < 4.78 is 13.8. The van der Waals surface area contributed by atoms with Gasteiger partial charge in [0.15, 0.2) is 0 Å². The van der Waals surface area contributed by atoms with Crippen molar-refractivity contribution in [1.29, 1.82) is 0 Å². The van der Waals surface area contributed by atoms with E-state index in [1.54, 1.807) is 17.4 Å². The molecule has 1 aliphatic rings. The van der Waals surface area contributed by atoms with Crippen molar-refractivity contribution >= 4 is 11.3 Å². The lowest BCUT2D eigenvalue weighted by Crippen LogP contribution is -2.37. The number of fused-ring (bicyclic) bond motifs is 1. The van der Waals surface area contributed by atoms with E-state index in [2.05, 4.69) is 25.2 Å². The van der Waals surface area contributed by atoms with Crippen LogP contribution in [0.4, 0.5) is 4.39 Å². The van der Waals surface area contributed by atoms with Crippen LogP contribution in [-0.4, -0.2) is 6.54 Å². The average Bonchev–Trinajstić information content (AvgIpc) is 2.74. The van der Waals surface area contributed by atoms with Crippen LogP contribution in [0.25, 0.3) is 10.4 Å². The van der Waals surface area contributed by atoms with Gasteiger partial charge in [0.05, 0.1) is 0 Å². The molecule has 0 fully saturated rings. The summed E-state index contributed by atoms with van der Waals surface area (Å²) in [6.45, 7) is 6.34. The second-order valence-corrected chi connectivity index (χ2v) is 6.55. The highest BCUT2D eigenvalue weighted by Crippen LogP contribution is 2.40. The summed E-state index contributed by atoms with van der Waals surface area (Å²) in [5.74, 6) is -0.137. The van der Waals surface area contributed by atoms with Crippen LogP contribution in [0.2, 0.25) is 0 Å². The summed E-state index contributed by atoms with van der Waals surface area (Å²) >= 11 is 1.70. The molecule has 0 saturated carbocycles. The smallest absolute Gasteiger partial charge is 0.131 e. The summed E-state index contributed by atoms with van der Waals surface area (Å²) in [7, 11) is 0. The van der Waals surface area contributed by atoms with E-state index in [1.807, 2.05) is 12.1 Å². The van der Waals surface area contributed by atoms with E-state index in [-0.39, 0.29) is 11.2 Å². The molecule has 18 heavy (non-hydrogen) atoms. The summed E-state index contributed by atoms with van der Waals surface area (Å²) in [5.41, 5.74) is 2.21. The Morgan fingerprint density at radius 3 is 2.78 bits per heavy atom. The van der Waals surface area contributed by atoms with E-state index in [1.165, 1.54) is 16.5 Å². The molecular formula is C15H16FNS. The van der Waals surface area contributed by atoms with Crippen molar-refractivity contribution in [2.24, 2.45) is 0 Å². The first-order valence-electron chi connectivity index (χ1n) is 6.17. The first-order valence-corrected chi connectivity index (χ1v) is 6.98. The third-order valence-electron chi connectivity index (χ3n) is 3.53. The predicted molar refractivity (Wildman–Crippen MR) is 74.4 cm³/mol. The molecule has 0 saturated heterocycles. The molecule has 1 N–H and O–H groups in total. The normalized spacial score (nSPS) is 17.5. The fourth-order valence-corrected chi connectivity index (χ4v) is 3.85. The van der Waals surface area contributed by atoms with Gasteiger partial charge in [0.25, 0.3) is 0 Å². The molecule has 0 amide bonds. The Morgan fingerprint density at radius 1 is 1.28 bits per heavy atom. The Morgan fingerprint density at radius 2 is 2.06 bits per heavy atom. The maximum absolute atomic E-state index is 13.8. The molecule has 2 aromatic rings. The molecule has 1 nitrogen and oxygen atoms in total. The monoisotopic (exact) mass is 261 g/mol. The lowest BCUT2D eigenvalue weighted by atomic mass is 9.82. The molecular weight excluding hydrogens is 245 g/mol. The van der Waals surface area contributed by atoms with Crippen LogP contribution in [-0.2, 0) is 12.0 Å². The molecule has 0 unspecified atom stereocenters. The molecule has 1 aromatic carbocycles. The van der Waals surface area contributed by atoms with Gasteiger partial charge in [-0.3, -0.25) is 0 Å². The van der Waals surface area contributed by atoms with Crippen molar-refractivity contribution in [3.05, 3.63) is 46.6 Å². The van der Waals surface area contributed by atoms with Crippen LogP contribution in [0.15, 0.2) is 30.3 Å². The standard InChI is InChI=1S/C15H16FNS/c1-15(2)9-17-8-14-11(15)7-13(18-14)10-5-3-4-6-12(10)16/h3-7,17H,8-9H2,1-2H3. The van der Waals surface area contributed by atoms with Gasteiger partial charge < -0.3 is 5.32 Å². The molecule has 0 radical (unpaired) electrons. The molecule has 1 aliphatic heterocycles. The first kappa shape index (κ1) is 11.9. The number of benzene rings is 1. The number of rotatable bonds is 1. The van der Waals surface area contributed by atoms with Gasteiger partial charge in [0, 0.05) is 33.8 Å². The highest BCUT2D eigenvalue weighted by atomic mass is 32.1. The van der Waals surface area contributed by atoms with E-state index in [0.29, 0.717) is 5.56 Å². The Balaban J connectivity index is 2.12. The van der Waals surface area contributed by atoms with Gasteiger partial charge in [-0.1, -0.05) is 32.0 Å². The maximum atomic E-state index is 13.8. The number of halogens is 1. The molecule has 3 heteroatoms. The number of hydrogen-bond donors (Lipinski definition) is 1. The zero-order chi connectivity index (χ0) is 12.8. The van der Waals surface area contributed by atoms with Crippen molar-refractivity contribution in [1.82, 2.24) is 5.32 Å². The Labute approximate surface area is 111 Å². The van der Waals surface area contributed by atoms with Crippen LogP contribution in [0.1, 0.15) is 24.3 Å². The van der Waals surface area contributed by atoms with Gasteiger partial charge in [-0.15, -0.1) is 11.3 Å². The summed E-state index contributed by atoms with van der Waals surface area (Å²) in [4.78, 5) is 2.37. The second kappa shape index (κ2) is 4.18. The van der Waals surface area contributed by atoms with Crippen molar-refractivity contribution < 1.29 is 4.39 Å². The van der Waals surface area contributed by atoms with E-state index < -0.39 is 0 Å². The quantitative estimate of drug-likeness (QED) is 0.820. The third kappa shape index (κ3) is 1.88. The Kier molecular flexibility index (Phi) is 2.76. The summed E-state index contributed by atoms with van der Waals surface area (Å²) in [6.07, 6.45) is 0. The van der Waals surface area contributed by atoms with Crippen LogP contribution < -0.4 is 5.32 Å². The number of nitrogens with one attached hydrogen (secondary N) is 1.